The fraction of sp³-hybridized carbons (Fsp3) is 0. The molecule has 0 fully saturated rings. The van der Waals surface area contributed by atoms with E-state index < -0.39 is 0 Å². The topological polar surface area (TPSA) is 83.1 Å². The summed E-state index contributed by atoms with van der Waals surface area (Å²) in [5.74, 6) is 0. The number of halogens is 2. The van der Waals surface area contributed by atoms with Crippen LogP contribution in [0.5, 0.6) is 0 Å². The third-order valence-corrected chi connectivity index (χ3v) is 2.83. The molecule has 4 aromatic rings. The molecular formula is C16H16Cl2N4O. The fourth-order valence-corrected chi connectivity index (χ4v) is 1.85. The van der Waals surface area contributed by atoms with Gasteiger partial charge in [-0.1, -0.05) is 36.4 Å². The predicted octanol–water partition coefficient (Wildman–Crippen LogP) is 3.28. The van der Waals surface area contributed by atoms with Crippen molar-refractivity contribution in [3.63, 3.8) is 0 Å². The third kappa shape index (κ3) is 5.41. The second kappa shape index (κ2) is 10.4. The Labute approximate surface area is 146 Å². The van der Waals surface area contributed by atoms with Gasteiger partial charge in [0.15, 0.2) is 0 Å². The minimum atomic E-state index is 0. The lowest BCUT2D eigenvalue weighted by molar-refractivity contribution is 0.824. The van der Waals surface area contributed by atoms with Crippen LogP contribution in [-0.2, 0) is 0 Å². The zero-order valence-corrected chi connectivity index (χ0v) is 13.7. The van der Waals surface area contributed by atoms with Crippen LogP contribution in [0.1, 0.15) is 0 Å². The number of para-hydroxylation sites is 2. The van der Waals surface area contributed by atoms with Gasteiger partial charge in [-0.2, -0.15) is 0 Å². The number of nitrogens with zero attached hydrogens (tertiary/aromatic N) is 4. The van der Waals surface area contributed by atoms with Crippen LogP contribution in [0.2, 0.25) is 0 Å². The van der Waals surface area contributed by atoms with Crippen LogP contribution in [0.3, 0.4) is 0 Å². The SMILES string of the molecule is Cl.Cl.O.c1ccc2ncncc2c1.c1ccc2ncncc2c1. The highest BCUT2D eigenvalue weighted by Gasteiger charge is 1.88. The molecule has 0 atom stereocenters. The molecule has 7 heteroatoms. The Bertz CT molecular complexity index is 643. The molecule has 120 valence electrons. The molecule has 2 N–H and O–H groups in total. The van der Waals surface area contributed by atoms with Gasteiger partial charge in [-0.3, -0.25) is 0 Å². The summed E-state index contributed by atoms with van der Waals surface area (Å²) in [5.41, 5.74) is 2.00. The summed E-state index contributed by atoms with van der Waals surface area (Å²) in [6.45, 7) is 0. The minimum Gasteiger partial charge on any atom is -0.412 e. The van der Waals surface area contributed by atoms with Gasteiger partial charge in [0.25, 0.3) is 0 Å². The Morgan fingerprint density at radius 2 is 0.957 bits per heavy atom. The van der Waals surface area contributed by atoms with Crippen molar-refractivity contribution in [2.24, 2.45) is 0 Å². The van der Waals surface area contributed by atoms with Gasteiger partial charge in [0.2, 0.25) is 0 Å². The maximum atomic E-state index is 4.07. The summed E-state index contributed by atoms with van der Waals surface area (Å²) >= 11 is 0. The summed E-state index contributed by atoms with van der Waals surface area (Å²) in [6.07, 6.45) is 6.73. The maximum absolute atomic E-state index is 4.07. The molecule has 0 amide bonds. The highest BCUT2D eigenvalue weighted by molar-refractivity contribution is 5.85. The van der Waals surface area contributed by atoms with Gasteiger partial charge in [0.05, 0.1) is 11.0 Å². The van der Waals surface area contributed by atoms with E-state index in [9.17, 15) is 0 Å². The van der Waals surface area contributed by atoms with Crippen LogP contribution in [-0.4, -0.2) is 25.4 Å². The number of benzene rings is 2. The monoisotopic (exact) mass is 350 g/mol. The standard InChI is InChI=1S/2C8H6N2.2ClH.H2O/c2*1-2-4-8-7(3-1)5-9-6-10-8;;;/h2*1-6H;2*1H;1H2. The number of hydrogen-bond donors (Lipinski definition) is 0. The van der Waals surface area contributed by atoms with E-state index in [0.29, 0.717) is 0 Å². The lowest BCUT2D eigenvalue weighted by Gasteiger charge is -1.90. The highest BCUT2D eigenvalue weighted by Crippen LogP contribution is 2.07. The lowest BCUT2D eigenvalue weighted by Crippen LogP contribution is -1.77. The van der Waals surface area contributed by atoms with Crippen molar-refractivity contribution >= 4 is 46.6 Å². The first kappa shape index (κ1) is 20.7. The number of rotatable bonds is 0. The smallest absolute Gasteiger partial charge is 0.116 e. The molecular weight excluding hydrogens is 335 g/mol. The van der Waals surface area contributed by atoms with Crippen LogP contribution in [0.4, 0.5) is 0 Å². The molecule has 23 heavy (non-hydrogen) atoms. The first-order valence-electron chi connectivity index (χ1n) is 6.23. The molecule has 5 nitrogen and oxygen atoms in total. The molecule has 0 bridgehead atoms. The van der Waals surface area contributed by atoms with Gasteiger partial charge < -0.3 is 5.48 Å². The summed E-state index contributed by atoms with van der Waals surface area (Å²) < 4.78 is 0. The normalized spacial score (nSPS) is 8.70. The molecule has 4 rings (SSSR count). The largest absolute Gasteiger partial charge is 0.412 e. The average molecular weight is 351 g/mol. The number of hydrogen-bond acceptors (Lipinski definition) is 4. The highest BCUT2D eigenvalue weighted by atomic mass is 35.5. The molecule has 0 unspecified atom stereocenters. The molecule has 2 aromatic carbocycles. The summed E-state index contributed by atoms with van der Waals surface area (Å²) in [4.78, 5) is 15.9. The van der Waals surface area contributed by atoms with Crippen LogP contribution < -0.4 is 0 Å². The van der Waals surface area contributed by atoms with Crippen LogP contribution >= 0.6 is 24.8 Å². The second-order valence-electron chi connectivity index (χ2n) is 4.16. The molecule has 0 saturated carbocycles. The lowest BCUT2D eigenvalue weighted by atomic mass is 10.2. The van der Waals surface area contributed by atoms with Crippen molar-refractivity contribution in [2.45, 2.75) is 0 Å². The minimum absolute atomic E-state index is 0. The van der Waals surface area contributed by atoms with Crippen molar-refractivity contribution < 1.29 is 5.48 Å². The molecule has 0 aliphatic carbocycles. The van der Waals surface area contributed by atoms with Gasteiger partial charge in [-0.15, -0.1) is 24.8 Å². The Hall–Kier alpha value is -2.34. The zero-order chi connectivity index (χ0) is 13.6. The van der Waals surface area contributed by atoms with Crippen molar-refractivity contribution in [3.8, 4) is 0 Å². The zero-order valence-electron chi connectivity index (χ0n) is 12.0. The first-order chi connectivity index (χ1) is 9.93. The molecule has 0 aliphatic heterocycles. The van der Waals surface area contributed by atoms with Crippen LogP contribution in [0.15, 0.2) is 73.6 Å². The Morgan fingerprint density at radius 3 is 1.35 bits per heavy atom. The summed E-state index contributed by atoms with van der Waals surface area (Å²) in [7, 11) is 0. The fourth-order valence-electron chi connectivity index (χ4n) is 1.85. The van der Waals surface area contributed by atoms with Gasteiger partial charge in [0.1, 0.15) is 12.7 Å². The quantitative estimate of drug-likeness (QED) is 0.487. The average Bonchev–Trinajstić information content (AvgIpc) is 2.56. The Kier molecular flexibility index (Phi) is 9.34. The van der Waals surface area contributed by atoms with Gasteiger partial charge >= 0.3 is 0 Å². The van der Waals surface area contributed by atoms with E-state index in [4.69, 9.17) is 0 Å². The van der Waals surface area contributed by atoms with Gasteiger partial charge in [-0.05, 0) is 12.1 Å². The first-order valence-corrected chi connectivity index (χ1v) is 6.23. The molecule has 0 spiro atoms. The summed E-state index contributed by atoms with van der Waals surface area (Å²) in [6, 6.07) is 15.8. The Balaban J connectivity index is 0.000000372. The molecule has 0 saturated heterocycles. The van der Waals surface area contributed by atoms with Crippen LogP contribution in [0, 0.1) is 0 Å². The molecule has 2 aromatic heterocycles. The van der Waals surface area contributed by atoms with E-state index in [1.807, 2.05) is 60.9 Å². The summed E-state index contributed by atoms with van der Waals surface area (Å²) in [5, 5.41) is 2.18. The van der Waals surface area contributed by atoms with Crippen molar-refractivity contribution in [2.75, 3.05) is 0 Å². The van der Waals surface area contributed by atoms with E-state index in [0.717, 1.165) is 21.8 Å². The van der Waals surface area contributed by atoms with Crippen molar-refractivity contribution in [1.82, 2.24) is 19.9 Å². The van der Waals surface area contributed by atoms with E-state index >= 15 is 0 Å². The molecule has 0 radical (unpaired) electrons. The molecule has 2 heterocycles. The number of aromatic nitrogens is 4. The van der Waals surface area contributed by atoms with E-state index in [-0.39, 0.29) is 30.3 Å². The maximum Gasteiger partial charge on any atom is 0.116 e. The van der Waals surface area contributed by atoms with Gasteiger partial charge in [-0.25, -0.2) is 19.9 Å². The third-order valence-electron chi connectivity index (χ3n) is 2.83. The predicted molar refractivity (Wildman–Crippen MR) is 97.2 cm³/mol. The van der Waals surface area contributed by atoms with E-state index in [1.54, 1.807) is 12.7 Å². The number of fused-ring (bicyclic) bond motifs is 2. The second-order valence-corrected chi connectivity index (χ2v) is 4.16. The van der Waals surface area contributed by atoms with Gasteiger partial charge in [0, 0.05) is 23.2 Å². The van der Waals surface area contributed by atoms with E-state index in [1.165, 1.54) is 0 Å². The molecule has 0 aliphatic rings. The van der Waals surface area contributed by atoms with Crippen molar-refractivity contribution in [3.05, 3.63) is 73.6 Å². The Morgan fingerprint density at radius 1 is 0.565 bits per heavy atom. The van der Waals surface area contributed by atoms with E-state index in [2.05, 4.69) is 19.9 Å². The van der Waals surface area contributed by atoms with Crippen molar-refractivity contribution in [1.29, 1.82) is 0 Å². The van der Waals surface area contributed by atoms with Crippen LogP contribution in [0.25, 0.3) is 21.8 Å².